The SMILES string of the molecule is CC[C@H](NC(=O)[C@H](CCCCN)NC(=O)[C@@H](Cc1c[nH]c2ccccc12)NC(=O)[C@H](Cc1ccc(O)cc1)NC(=O)[C@H](Cc1ccc(Cl)cc1)NC(=O)[C@H](N)Cc1ccccc1)C(=O)N[C@@H](Cc1ccc2ccccc2c1)C(=O)N[C@H](C(=O)NCCCC[C@H](N)C(=O)NCC(=O)N[C@@H](CS)C(N)=O)[C@@H](C)O. The van der Waals surface area contributed by atoms with E-state index in [0.717, 1.165) is 16.3 Å². The minimum absolute atomic E-state index is 0.00285. The molecule has 0 spiro atoms. The van der Waals surface area contributed by atoms with Crippen LogP contribution in [0.5, 0.6) is 5.75 Å². The number of aromatic hydroxyl groups is 1. The largest absolute Gasteiger partial charge is 0.508 e. The van der Waals surface area contributed by atoms with Crippen molar-refractivity contribution in [2.45, 2.75) is 157 Å². The van der Waals surface area contributed by atoms with Gasteiger partial charge in [0.1, 0.15) is 54.1 Å². The normalized spacial score (nSPS) is 14.3. The first-order chi connectivity index (χ1) is 50.8. The number of H-pyrrole nitrogens is 1. The number of nitrogens with one attached hydrogen (secondary N) is 11. The van der Waals surface area contributed by atoms with Crippen molar-refractivity contribution in [3.8, 4) is 5.75 Å². The van der Waals surface area contributed by atoms with Gasteiger partial charge in [-0.2, -0.15) is 12.6 Å². The second-order valence-corrected chi connectivity index (χ2v) is 26.9. The molecule has 0 saturated heterocycles. The number of carbonyl (C=O) groups is 11. The zero-order valence-corrected chi connectivity index (χ0v) is 60.8. The molecule has 21 N–H and O–H groups in total. The Hall–Kier alpha value is -10.4. The molecular formula is C76H96ClN15O13S. The molecule has 0 aliphatic heterocycles. The van der Waals surface area contributed by atoms with Crippen molar-refractivity contribution in [3.63, 3.8) is 0 Å². The first-order valence-corrected chi connectivity index (χ1v) is 36.2. The van der Waals surface area contributed by atoms with Gasteiger partial charge in [-0.05, 0) is 134 Å². The van der Waals surface area contributed by atoms with E-state index in [1.54, 1.807) is 61.7 Å². The number of unbranched alkanes of at least 4 members (excludes halogenated alkanes) is 2. The molecule has 11 atom stereocenters. The summed E-state index contributed by atoms with van der Waals surface area (Å²) in [7, 11) is 0. The number of fused-ring (bicyclic) bond motifs is 2. The standard InChI is InChI=1S/C76H96ClN15O13S/c1-3-57(70(99)89-62(39-48-23-28-49-17-7-8-18-50(49)35-48)75(104)92-66(44(2)93)76(105)82-34-14-12-20-55(79)68(97)84-42-65(95)85-64(43-106)67(81)96)86-71(100)59(22-11-13-33-78)87-74(103)63(40-51-41-83-58-21-10-9-19-54(51)58)91-73(102)61(38-47-26-31-53(94)32-27-47)90-72(101)60(37-46-24-29-52(77)30-25-46)88-69(98)56(80)36-45-15-5-4-6-16-45/h4-10,15-19,21,23-32,35,41,44,55-57,59-64,66,83,93-94,106H,3,11-14,20,22,33-34,36-40,42-43,78-80H2,1-2H3,(H2,81,96)(H,82,105)(H,84,97)(H,85,95)(H,86,100)(H,87,103)(H,88,98)(H,89,99)(H,90,101)(H,91,102)(H,92,104)/t44-,55+,56-,57+,59+,60+,61+,62+,63-,64+,66+/m1/s1. The van der Waals surface area contributed by atoms with E-state index in [0.29, 0.717) is 63.9 Å². The molecule has 0 radical (unpaired) electrons. The third kappa shape index (κ3) is 26.0. The summed E-state index contributed by atoms with van der Waals surface area (Å²) < 4.78 is 0. The van der Waals surface area contributed by atoms with Crippen molar-refractivity contribution in [3.05, 3.63) is 185 Å². The molecule has 6 aromatic carbocycles. The maximum Gasteiger partial charge on any atom is 0.245 e. The molecule has 7 rings (SSSR count). The number of hydrogen-bond donors (Lipinski definition) is 18. The molecule has 11 amide bonds. The van der Waals surface area contributed by atoms with Crippen LogP contribution in [0, 0.1) is 0 Å². The van der Waals surface area contributed by atoms with Gasteiger partial charge in [0.25, 0.3) is 0 Å². The average molecular weight is 1500 g/mol. The highest BCUT2D eigenvalue weighted by atomic mass is 35.5. The number of hydrogen-bond acceptors (Lipinski definition) is 17. The van der Waals surface area contributed by atoms with E-state index in [1.807, 2.05) is 84.9 Å². The summed E-state index contributed by atoms with van der Waals surface area (Å²) in [6.45, 7) is 2.69. The molecule has 1 aromatic heterocycles. The van der Waals surface area contributed by atoms with Crippen molar-refractivity contribution in [1.29, 1.82) is 0 Å². The molecule has 566 valence electrons. The number of amides is 11. The summed E-state index contributed by atoms with van der Waals surface area (Å²) in [4.78, 5) is 156. The minimum Gasteiger partial charge on any atom is -0.508 e. The molecular weight excluding hydrogens is 1400 g/mol. The quantitative estimate of drug-likeness (QED) is 0.0190. The number of thiol groups is 1. The van der Waals surface area contributed by atoms with Crippen LogP contribution in [0.25, 0.3) is 21.7 Å². The zero-order valence-electron chi connectivity index (χ0n) is 59.1. The Balaban J connectivity index is 1.09. The smallest absolute Gasteiger partial charge is 0.245 e. The number of phenolic OH excluding ortho intramolecular Hbond substituents is 1. The van der Waals surface area contributed by atoms with Gasteiger partial charge in [-0.25, -0.2) is 0 Å². The van der Waals surface area contributed by atoms with Crippen molar-refractivity contribution in [2.75, 3.05) is 25.4 Å². The lowest BCUT2D eigenvalue weighted by atomic mass is 9.99. The third-order valence-electron chi connectivity index (χ3n) is 17.8. The Morgan fingerprint density at radius 1 is 0.491 bits per heavy atom. The number of halogens is 1. The number of benzene rings is 6. The van der Waals surface area contributed by atoms with Crippen LogP contribution in [0.15, 0.2) is 152 Å². The van der Waals surface area contributed by atoms with E-state index in [1.165, 1.54) is 19.1 Å². The first kappa shape index (κ1) is 82.9. The molecule has 106 heavy (non-hydrogen) atoms. The maximum absolute atomic E-state index is 15.2. The predicted octanol–water partition coefficient (Wildman–Crippen LogP) is 1.46. The number of phenols is 1. The van der Waals surface area contributed by atoms with Crippen LogP contribution in [-0.4, -0.2) is 172 Å². The molecule has 30 heteroatoms. The van der Waals surface area contributed by atoms with E-state index < -0.39 is 138 Å². The lowest BCUT2D eigenvalue weighted by Gasteiger charge is -2.28. The number of carbonyl (C=O) groups excluding carboxylic acids is 11. The van der Waals surface area contributed by atoms with E-state index in [9.17, 15) is 53.4 Å². The van der Waals surface area contributed by atoms with E-state index in [4.69, 9.17) is 34.5 Å². The van der Waals surface area contributed by atoms with Gasteiger partial charge in [0.15, 0.2) is 0 Å². The summed E-state index contributed by atoms with van der Waals surface area (Å²) >= 11 is 10.2. The van der Waals surface area contributed by atoms with Gasteiger partial charge < -0.3 is 91.3 Å². The molecule has 0 aliphatic rings. The molecule has 0 unspecified atom stereocenters. The van der Waals surface area contributed by atoms with Crippen LogP contribution in [0.1, 0.15) is 86.6 Å². The molecule has 0 fully saturated rings. The fourth-order valence-corrected chi connectivity index (χ4v) is 12.1. The molecule has 0 aliphatic carbocycles. The first-order valence-electron chi connectivity index (χ1n) is 35.2. The number of primary amides is 1. The van der Waals surface area contributed by atoms with Crippen molar-refractivity contribution in [2.24, 2.45) is 22.9 Å². The lowest BCUT2D eigenvalue weighted by molar-refractivity contribution is -0.136. The van der Waals surface area contributed by atoms with Crippen LogP contribution < -0.4 is 76.1 Å². The summed E-state index contributed by atoms with van der Waals surface area (Å²) in [5.74, 6) is -8.60. The number of aliphatic hydroxyl groups excluding tert-OH is 1. The Labute approximate surface area is 625 Å². The van der Waals surface area contributed by atoms with Gasteiger partial charge >= 0.3 is 0 Å². The van der Waals surface area contributed by atoms with Gasteiger partial charge in [0.05, 0.1) is 24.7 Å². The predicted molar refractivity (Wildman–Crippen MR) is 406 cm³/mol. The number of aromatic amines is 1. The monoisotopic (exact) mass is 1490 g/mol. The van der Waals surface area contributed by atoms with Gasteiger partial charge in [0.2, 0.25) is 65.0 Å². The lowest BCUT2D eigenvalue weighted by Crippen LogP contribution is -2.61. The Morgan fingerprint density at radius 2 is 1.00 bits per heavy atom. The average Bonchev–Trinajstić information content (AvgIpc) is 1.75. The molecule has 7 aromatic rings. The molecule has 28 nitrogen and oxygen atoms in total. The number of aromatic nitrogens is 1. The Kier molecular flexibility index (Phi) is 32.8. The number of nitrogens with two attached hydrogens (primary N) is 4. The second kappa shape index (κ2) is 41.9. The van der Waals surface area contributed by atoms with Crippen molar-refractivity contribution >= 4 is 111 Å². The van der Waals surface area contributed by atoms with Crippen LogP contribution in [0.2, 0.25) is 5.02 Å². The highest BCUT2D eigenvalue weighted by Gasteiger charge is 2.36. The number of aliphatic hydroxyl groups is 1. The molecule has 0 saturated carbocycles. The Morgan fingerprint density at radius 3 is 1.61 bits per heavy atom. The van der Waals surface area contributed by atoms with Crippen LogP contribution in [0.4, 0.5) is 0 Å². The van der Waals surface area contributed by atoms with E-state index in [2.05, 4.69) is 70.8 Å². The fourth-order valence-electron chi connectivity index (χ4n) is 11.8. The highest BCUT2D eigenvalue weighted by molar-refractivity contribution is 7.80. The summed E-state index contributed by atoms with van der Waals surface area (Å²) in [6, 6.07) is 28.8. The zero-order chi connectivity index (χ0) is 76.8. The maximum atomic E-state index is 15.2. The highest BCUT2D eigenvalue weighted by Crippen LogP contribution is 2.22. The number of para-hydroxylation sites is 1. The van der Waals surface area contributed by atoms with Crippen LogP contribution >= 0.6 is 24.2 Å². The van der Waals surface area contributed by atoms with Crippen molar-refractivity contribution in [1.82, 2.24) is 58.2 Å². The third-order valence-corrected chi connectivity index (χ3v) is 18.4. The topological polar surface area (TPSA) is 468 Å². The Bertz CT molecular complexity index is 4130. The van der Waals surface area contributed by atoms with Crippen LogP contribution in [0.3, 0.4) is 0 Å². The summed E-state index contributed by atoms with van der Waals surface area (Å²) in [5, 5.41) is 50.9. The van der Waals surface area contributed by atoms with E-state index >= 15 is 9.59 Å². The second-order valence-electron chi connectivity index (χ2n) is 26.0. The van der Waals surface area contributed by atoms with E-state index in [-0.39, 0.29) is 76.0 Å². The molecule has 1 heterocycles. The fraction of sp³-hybridized carbons (Fsp3) is 0.382. The van der Waals surface area contributed by atoms with Gasteiger partial charge in [-0.1, -0.05) is 134 Å². The summed E-state index contributed by atoms with van der Waals surface area (Å²) in [6.07, 6.45) is 1.30. The minimum atomic E-state index is -1.54. The van der Waals surface area contributed by atoms with Gasteiger partial charge in [-0.3, -0.25) is 52.7 Å². The number of rotatable bonds is 42. The van der Waals surface area contributed by atoms with Crippen LogP contribution in [-0.2, 0) is 84.8 Å². The van der Waals surface area contributed by atoms with Gasteiger partial charge in [-0.15, -0.1) is 0 Å². The van der Waals surface area contributed by atoms with Crippen molar-refractivity contribution < 1.29 is 63.0 Å². The summed E-state index contributed by atoms with van der Waals surface area (Å²) in [5.41, 5.74) is 27.4. The van der Waals surface area contributed by atoms with Gasteiger partial charge in [0, 0.05) is 60.1 Å². The molecule has 0 bridgehead atoms.